The molecule has 0 bridgehead atoms. The minimum Gasteiger partial charge on any atom is -0.492 e. The Morgan fingerprint density at radius 1 is 1.21 bits per heavy atom. The maximum absolute atomic E-state index is 12.8. The van der Waals surface area contributed by atoms with Gasteiger partial charge in [0.1, 0.15) is 11.3 Å². The van der Waals surface area contributed by atoms with Gasteiger partial charge in [-0.15, -0.1) is 12.4 Å². The van der Waals surface area contributed by atoms with Crippen LogP contribution in [0.5, 0.6) is 5.75 Å². The molecule has 0 unspecified atom stereocenters. The van der Waals surface area contributed by atoms with Crippen LogP contribution in [-0.4, -0.2) is 82.2 Å². The number of thiazole rings is 1. The second-order valence-electron chi connectivity index (χ2n) is 6.40. The summed E-state index contributed by atoms with van der Waals surface area (Å²) in [5.41, 5.74) is 0.707. The number of amides is 1. The quantitative estimate of drug-likeness (QED) is 0.580. The highest BCUT2D eigenvalue weighted by Gasteiger charge is 2.24. The fourth-order valence-corrected chi connectivity index (χ4v) is 3.69. The number of fused-ring (bicyclic) bond motifs is 1. The summed E-state index contributed by atoms with van der Waals surface area (Å²) in [6.07, 6.45) is 1.08. The largest absolute Gasteiger partial charge is 0.492 e. The highest BCUT2D eigenvalue weighted by molar-refractivity contribution is 7.88. The first-order valence-electron chi connectivity index (χ1n) is 8.52. The molecule has 1 heterocycles. The second-order valence-corrected chi connectivity index (χ2v) is 9.50. The van der Waals surface area contributed by atoms with Crippen LogP contribution in [0.25, 0.3) is 10.2 Å². The summed E-state index contributed by atoms with van der Waals surface area (Å²) < 4.78 is 30.9. The summed E-state index contributed by atoms with van der Waals surface area (Å²) in [5, 5.41) is 0.533. The number of anilines is 1. The molecule has 2 rings (SSSR count). The Bertz CT molecular complexity index is 902. The topological polar surface area (TPSA) is 83.0 Å². The molecule has 1 aromatic heterocycles. The van der Waals surface area contributed by atoms with Crippen LogP contribution >= 0.6 is 23.7 Å². The van der Waals surface area contributed by atoms with E-state index < -0.39 is 10.0 Å². The molecule has 158 valence electrons. The van der Waals surface area contributed by atoms with Gasteiger partial charge < -0.3 is 9.64 Å². The number of sulfonamides is 1. The molecule has 1 amide bonds. The maximum Gasteiger partial charge on any atom is 0.244 e. The summed E-state index contributed by atoms with van der Waals surface area (Å²) in [6, 6.07) is 5.66. The zero-order valence-corrected chi connectivity index (χ0v) is 19.2. The monoisotopic (exact) mass is 450 g/mol. The number of carbonyl (C=O) groups excluding carboxylic acids is 1. The van der Waals surface area contributed by atoms with Crippen molar-refractivity contribution in [2.24, 2.45) is 0 Å². The third-order valence-corrected chi connectivity index (χ3v) is 6.20. The molecule has 1 aromatic carbocycles. The second kappa shape index (κ2) is 10.4. The van der Waals surface area contributed by atoms with Crippen molar-refractivity contribution in [1.29, 1.82) is 0 Å². The normalized spacial score (nSPS) is 11.7. The highest BCUT2D eigenvalue weighted by Crippen LogP contribution is 2.34. The van der Waals surface area contributed by atoms with Crippen LogP contribution in [0.3, 0.4) is 0 Å². The Balaban J connectivity index is 0.00000392. The summed E-state index contributed by atoms with van der Waals surface area (Å²) >= 11 is 1.39. The molecular weight excluding hydrogens is 424 g/mol. The van der Waals surface area contributed by atoms with Gasteiger partial charge >= 0.3 is 0 Å². The van der Waals surface area contributed by atoms with Gasteiger partial charge in [0.25, 0.3) is 0 Å². The smallest absolute Gasteiger partial charge is 0.244 e. The summed E-state index contributed by atoms with van der Waals surface area (Å²) in [6.45, 7) is 3.23. The van der Waals surface area contributed by atoms with Crippen molar-refractivity contribution in [2.75, 3.05) is 58.5 Å². The third-order valence-electron chi connectivity index (χ3n) is 3.90. The highest BCUT2D eigenvalue weighted by atomic mass is 35.5. The lowest BCUT2D eigenvalue weighted by molar-refractivity contribution is -0.118. The van der Waals surface area contributed by atoms with Crippen molar-refractivity contribution in [2.45, 2.75) is 6.92 Å². The van der Waals surface area contributed by atoms with E-state index in [1.807, 2.05) is 44.1 Å². The Kier molecular flexibility index (Phi) is 9.09. The SMILES string of the molecule is CCOc1cccc2sc(N(CCN(C)C)C(=O)CN(C)S(C)(=O)=O)nc12.Cl. The van der Waals surface area contributed by atoms with E-state index in [1.54, 1.807) is 4.90 Å². The molecule has 0 spiro atoms. The lowest BCUT2D eigenvalue weighted by Crippen LogP contribution is -2.43. The van der Waals surface area contributed by atoms with E-state index in [0.717, 1.165) is 15.3 Å². The number of halogens is 1. The van der Waals surface area contributed by atoms with E-state index in [2.05, 4.69) is 4.98 Å². The van der Waals surface area contributed by atoms with Gasteiger partial charge in [-0.25, -0.2) is 13.4 Å². The van der Waals surface area contributed by atoms with Crippen LogP contribution in [0.15, 0.2) is 18.2 Å². The predicted molar refractivity (Wildman–Crippen MR) is 116 cm³/mol. The Morgan fingerprint density at radius 3 is 2.46 bits per heavy atom. The average Bonchev–Trinajstić information content (AvgIpc) is 2.99. The number of nitrogens with zero attached hydrogens (tertiary/aromatic N) is 4. The van der Waals surface area contributed by atoms with Crippen LogP contribution < -0.4 is 9.64 Å². The first-order valence-corrected chi connectivity index (χ1v) is 11.2. The molecule has 0 aliphatic heterocycles. The van der Waals surface area contributed by atoms with E-state index in [4.69, 9.17) is 4.74 Å². The van der Waals surface area contributed by atoms with Crippen molar-refractivity contribution in [1.82, 2.24) is 14.2 Å². The number of para-hydroxylation sites is 1. The number of rotatable bonds is 9. The zero-order chi connectivity index (χ0) is 20.2. The summed E-state index contributed by atoms with van der Waals surface area (Å²) in [5.74, 6) is 0.354. The Morgan fingerprint density at radius 2 is 1.89 bits per heavy atom. The molecule has 0 saturated carbocycles. The van der Waals surface area contributed by atoms with Gasteiger partial charge in [-0.1, -0.05) is 17.4 Å². The number of aromatic nitrogens is 1. The Labute approximate surface area is 176 Å². The standard InChI is InChI=1S/C17H26N4O4S2.ClH/c1-6-25-13-8-7-9-14-16(13)18-17(26-14)21(11-10-19(2)3)15(22)12-20(4)27(5,23)24;/h7-9H,6,10-12H2,1-5H3;1H. The minimum absolute atomic E-state index is 0. The van der Waals surface area contributed by atoms with Gasteiger partial charge in [0.2, 0.25) is 15.9 Å². The molecule has 28 heavy (non-hydrogen) atoms. The van der Waals surface area contributed by atoms with Crippen LogP contribution in [0.1, 0.15) is 6.92 Å². The molecule has 0 radical (unpaired) electrons. The van der Waals surface area contributed by atoms with Crippen molar-refractivity contribution in [3.05, 3.63) is 18.2 Å². The number of benzene rings is 1. The van der Waals surface area contributed by atoms with Gasteiger partial charge in [-0.05, 0) is 33.2 Å². The van der Waals surface area contributed by atoms with Crippen molar-refractivity contribution in [3.63, 3.8) is 0 Å². The van der Waals surface area contributed by atoms with E-state index in [1.165, 1.54) is 18.4 Å². The first kappa shape index (κ1) is 24.6. The molecule has 0 aliphatic carbocycles. The Hall–Kier alpha value is -1.46. The van der Waals surface area contributed by atoms with E-state index in [9.17, 15) is 13.2 Å². The molecular formula is C17H27ClN4O4S2. The van der Waals surface area contributed by atoms with Gasteiger partial charge in [0.15, 0.2) is 5.13 Å². The number of carbonyl (C=O) groups is 1. The van der Waals surface area contributed by atoms with Crippen LogP contribution in [0.2, 0.25) is 0 Å². The first-order chi connectivity index (χ1) is 12.6. The maximum atomic E-state index is 12.8. The molecule has 0 fully saturated rings. The van der Waals surface area contributed by atoms with Crippen molar-refractivity contribution in [3.8, 4) is 5.75 Å². The molecule has 0 aliphatic rings. The molecule has 11 heteroatoms. The predicted octanol–water partition coefficient (Wildman–Crippen LogP) is 1.90. The molecule has 0 atom stereocenters. The molecule has 0 saturated heterocycles. The molecule has 2 aromatic rings. The van der Waals surface area contributed by atoms with Crippen molar-refractivity contribution < 1.29 is 17.9 Å². The van der Waals surface area contributed by atoms with Gasteiger partial charge in [0, 0.05) is 20.1 Å². The van der Waals surface area contributed by atoms with Crippen LogP contribution in [0.4, 0.5) is 5.13 Å². The third kappa shape index (κ3) is 6.28. The molecule has 0 N–H and O–H groups in total. The number of ether oxygens (including phenoxy) is 1. The summed E-state index contributed by atoms with van der Waals surface area (Å²) in [4.78, 5) is 21.0. The molecule has 8 nitrogen and oxygen atoms in total. The fourth-order valence-electron chi connectivity index (χ4n) is 2.32. The fraction of sp³-hybridized carbons (Fsp3) is 0.529. The average molecular weight is 451 g/mol. The minimum atomic E-state index is -3.45. The zero-order valence-electron chi connectivity index (χ0n) is 16.7. The van der Waals surface area contributed by atoms with Crippen molar-refractivity contribution >= 4 is 55.0 Å². The van der Waals surface area contributed by atoms with Gasteiger partial charge in [0.05, 0.1) is 24.1 Å². The van der Waals surface area contributed by atoms with Gasteiger partial charge in [-0.3, -0.25) is 9.69 Å². The lowest BCUT2D eigenvalue weighted by atomic mass is 10.3. The van der Waals surface area contributed by atoms with E-state index in [-0.39, 0.29) is 24.9 Å². The van der Waals surface area contributed by atoms with E-state index in [0.29, 0.717) is 36.1 Å². The number of hydrogen-bond acceptors (Lipinski definition) is 7. The lowest BCUT2D eigenvalue weighted by Gasteiger charge is -2.24. The van der Waals surface area contributed by atoms with Crippen LogP contribution in [0, 0.1) is 0 Å². The van der Waals surface area contributed by atoms with E-state index >= 15 is 0 Å². The summed E-state index contributed by atoms with van der Waals surface area (Å²) in [7, 11) is 1.77. The van der Waals surface area contributed by atoms with Crippen LogP contribution in [-0.2, 0) is 14.8 Å². The number of hydrogen-bond donors (Lipinski definition) is 0. The number of likely N-dealkylation sites (N-methyl/N-ethyl adjacent to an activating group) is 2. The van der Waals surface area contributed by atoms with Gasteiger partial charge in [-0.2, -0.15) is 4.31 Å².